The molecule has 2 rings (SSSR count). The molecule has 1 amide bonds. The molecule has 0 spiro atoms. The molecule has 158 valence electrons. The van der Waals surface area contributed by atoms with E-state index in [-0.39, 0.29) is 18.5 Å². The van der Waals surface area contributed by atoms with Crippen LogP contribution in [0.15, 0.2) is 42.5 Å². The smallest absolute Gasteiger partial charge is 0.241 e. The molecule has 1 atom stereocenters. The van der Waals surface area contributed by atoms with Gasteiger partial charge in [-0.25, -0.2) is 8.42 Å². The zero-order chi connectivity index (χ0) is 21.6. The predicted octanol–water partition coefficient (Wildman–Crippen LogP) is 3.74. The Morgan fingerprint density at radius 2 is 1.79 bits per heavy atom. The van der Waals surface area contributed by atoms with Crippen LogP contribution < -0.4 is 14.4 Å². The number of aryl methyl sites for hydroxylation is 2. The Bertz CT molecular complexity index is 940. The van der Waals surface area contributed by atoms with Gasteiger partial charge in [0, 0.05) is 0 Å². The van der Waals surface area contributed by atoms with Crippen LogP contribution in [0.3, 0.4) is 0 Å². The Balaban J connectivity index is 2.14. The highest BCUT2D eigenvalue weighted by Crippen LogP contribution is 2.22. The zero-order valence-corrected chi connectivity index (χ0v) is 18.5. The first-order valence-corrected chi connectivity index (χ1v) is 11.5. The number of anilines is 1. The SMILES string of the molecule is CCCOc1ccc(N(CC(=O)NC(C)c2cc(C)ccc2C)S(C)(=O)=O)cc1. The van der Waals surface area contributed by atoms with Gasteiger partial charge < -0.3 is 10.1 Å². The topological polar surface area (TPSA) is 75.7 Å². The van der Waals surface area contributed by atoms with Crippen LogP contribution >= 0.6 is 0 Å². The maximum absolute atomic E-state index is 12.6. The van der Waals surface area contributed by atoms with Gasteiger partial charge in [0.1, 0.15) is 12.3 Å². The number of hydrogen-bond donors (Lipinski definition) is 1. The Labute approximate surface area is 173 Å². The van der Waals surface area contributed by atoms with Crippen LogP contribution in [0.2, 0.25) is 0 Å². The minimum atomic E-state index is -3.63. The lowest BCUT2D eigenvalue weighted by atomic mass is 10.00. The molecule has 0 bridgehead atoms. The van der Waals surface area contributed by atoms with Gasteiger partial charge in [-0.05, 0) is 62.6 Å². The van der Waals surface area contributed by atoms with Crippen LogP contribution in [0.1, 0.15) is 43.0 Å². The number of carbonyl (C=O) groups is 1. The number of nitrogens with one attached hydrogen (secondary N) is 1. The first-order valence-electron chi connectivity index (χ1n) is 9.69. The number of rotatable bonds is 9. The molecular weight excluding hydrogens is 388 g/mol. The summed E-state index contributed by atoms with van der Waals surface area (Å²) in [5.74, 6) is 0.298. The van der Waals surface area contributed by atoms with Crippen molar-refractivity contribution in [2.24, 2.45) is 0 Å². The summed E-state index contributed by atoms with van der Waals surface area (Å²) in [7, 11) is -3.63. The Kier molecular flexibility index (Phi) is 7.67. The Hall–Kier alpha value is -2.54. The highest BCUT2D eigenvalue weighted by molar-refractivity contribution is 7.92. The molecule has 0 aliphatic carbocycles. The van der Waals surface area contributed by atoms with Gasteiger partial charge in [0.05, 0.1) is 24.6 Å². The third-order valence-electron chi connectivity index (χ3n) is 4.56. The maximum Gasteiger partial charge on any atom is 0.241 e. The first-order chi connectivity index (χ1) is 13.6. The van der Waals surface area contributed by atoms with E-state index < -0.39 is 10.0 Å². The van der Waals surface area contributed by atoms with Crippen molar-refractivity contribution in [3.8, 4) is 5.75 Å². The lowest BCUT2D eigenvalue weighted by molar-refractivity contribution is -0.120. The normalized spacial score (nSPS) is 12.3. The summed E-state index contributed by atoms with van der Waals surface area (Å²) in [4.78, 5) is 12.6. The minimum Gasteiger partial charge on any atom is -0.494 e. The molecule has 1 unspecified atom stereocenters. The standard InChI is InChI=1S/C22H30N2O4S/c1-6-13-28-20-11-9-19(10-12-20)24(29(5,26)27)15-22(25)23-18(4)21-14-16(2)7-8-17(21)3/h7-12,14,18H,6,13,15H2,1-5H3,(H,23,25). The van der Waals surface area contributed by atoms with Crippen molar-refractivity contribution >= 4 is 21.6 Å². The van der Waals surface area contributed by atoms with Crippen molar-refractivity contribution in [2.75, 3.05) is 23.7 Å². The highest BCUT2D eigenvalue weighted by Gasteiger charge is 2.22. The van der Waals surface area contributed by atoms with Crippen molar-refractivity contribution < 1.29 is 17.9 Å². The van der Waals surface area contributed by atoms with Crippen molar-refractivity contribution in [2.45, 2.75) is 40.2 Å². The van der Waals surface area contributed by atoms with Crippen LogP contribution in [0, 0.1) is 13.8 Å². The van der Waals surface area contributed by atoms with Crippen LogP contribution in [0.25, 0.3) is 0 Å². The molecule has 1 N–H and O–H groups in total. The third-order valence-corrected chi connectivity index (χ3v) is 5.70. The van der Waals surface area contributed by atoms with E-state index in [2.05, 4.69) is 5.32 Å². The predicted molar refractivity (Wildman–Crippen MR) is 117 cm³/mol. The largest absolute Gasteiger partial charge is 0.494 e. The van der Waals surface area contributed by atoms with Gasteiger partial charge in [-0.15, -0.1) is 0 Å². The number of hydrogen-bond acceptors (Lipinski definition) is 4. The molecule has 0 saturated heterocycles. The number of amides is 1. The van der Waals surface area contributed by atoms with Crippen LogP contribution in [0.4, 0.5) is 5.69 Å². The van der Waals surface area contributed by atoms with Crippen LogP contribution in [-0.4, -0.2) is 33.7 Å². The fourth-order valence-corrected chi connectivity index (χ4v) is 3.91. The van der Waals surface area contributed by atoms with Gasteiger partial charge in [-0.1, -0.05) is 30.7 Å². The second kappa shape index (κ2) is 9.78. The van der Waals surface area contributed by atoms with E-state index in [0.29, 0.717) is 18.0 Å². The van der Waals surface area contributed by atoms with Crippen molar-refractivity contribution in [3.05, 3.63) is 59.2 Å². The average Bonchev–Trinajstić information content (AvgIpc) is 2.66. The summed E-state index contributed by atoms with van der Waals surface area (Å²) < 4.78 is 31.2. The molecule has 7 heteroatoms. The molecule has 2 aromatic rings. The fraction of sp³-hybridized carbons (Fsp3) is 0.409. The van der Waals surface area contributed by atoms with E-state index >= 15 is 0 Å². The van der Waals surface area contributed by atoms with Gasteiger partial charge in [0.25, 0.3) is 0 Å². The highest BCUT2D eigenvalue weighted by atomic mass is 32.2. The van der Waals surface area contributed by atoms with E-state index in [1.807, 2.05) is 45.9 Å². The summed E-state index contributed by atoms with van der Waals surface area (Å²) in [5, 5.41) is 2.91. The van der Waals surface area contributed by atoms with Crippen LogP contribution in [0.5, 0.6) is 5.75 Å². The van der Waals surface area contributed by atoms with Gasteiger partial charge in [0.15, 0.2) is 0 Å². The number of sulfonamides is 1. The molecule has 0 fully saturated rings. The van der Waals surface area contributed by atoms with Gasteiger partial charge in [-0.2, -0.15) is 0 Å². The number of nitrogens with zero attached hydrogens (tertiary/aromatic N) is 1. The molecular formula is C22H30N2O4S. The maximum atomic E-state index is 12.6. The minimum absolute atomic E-state index is 0.228. The number of carbonyl (C=O) groups excluding carboxylic acids is 1. The second-order valence-electron chi connectivity index (χ2n) is 7.26. The fourth-order valence-electron chi connectivity index (χ4n) is 3.05. The first kappa shape index (κ1) is 22.7. The van der Waals surface area contributed by atoms with E-state index in [0.717, 1.165) is 33.7 Å². The van der Waals surface area contributed by atoms with Crippen LogP contribution in [-0.2, 0) is 14.8 Å². The van der Waals surface area contributed by atoms with E-state index in [1.54, 1.807) is 24.3 Å². The monoisotopic (exact) mass is 418 g/mol. The molecule has 0 radical (unpaired) electrons. The number of benzene rings is 2. The van der Waals surface area contributed by atoms with Crippen molar-refractivity contribution in [3.63, 3.8) is 0 Å². The number of ether oxygens (including phenoxy) is 1. The van der Waals surface area contributed by atoms with Gasteiger partial charge in [-0.3, -0.25) is 9.10 Å². The average molecular weight is 419 g/mol. The quantitative estimate of drug-likeness (QED) is 0.673. The summed E-state index contributed by atoms with van der Waals surface area (Å²) in [6.07, 6.45) is 1.98. The lowest BCUT2D eigenvalue weighted by Gasteiger charge is -2.24. The summed E-state index contributed by atoms with van der Waals surface area (Å²) in [6.45, 7) is 8.19. The van der Waals surface area contributed by atoms with Crippen molar-refractivity contribution in [1.82, 2.24) is 5.32 Å². The van der Waals surface area contributed by atoms with E-state index in [4.69, 9.17) is 4.74 Å². The summed E-state index contributed by atoms with van der Waals surface area (Å²) in [6, 6.07) is 12.5. The summed E-state index contributed by atoms with van der Waals surface area (Å²) in [5.41, 5.74) is 3.62. The Morgan fingerprint density at radius 3 is 2.38 bits per heavy atom. The molecule has 0 heterocycles. The molecule has 6 nitrogen and oxygen atoms in total. The molecule has 0 aliphatic heterocycles. The van der Waals surface area contributed by atoms with Gasteiger partial charge in [0.2, 0.25) is 15.9 Å². The summed E-state index contributed by atoms with van der Waals surface area (Å²) >= 11 is 0. The second-order valence-corrected chi connectivity index (χ2v) is 9.17. The molecule has 29 heavy (non-hydrogen) atoms. The zero-order valence-electron chi connectivity index (χ0n) is 17.7. The molecule has 0 aromatic heterocycles. The Morgan fingerprint density at radius 1 is 1.14 bits per heavy atom. The van der Waals surface area contributed by atoms with Gasteiger partial charge >= 0.3 is 0 Å². The van der Waals surface area contributed by atoms with E-state index in [9.17, 15) is 13.2 Å². The third kappa shape index (κ3) is 6.49. The molecule has 0 aliphatic rings. The lowest BCUT2D eigenvalue weighted by Crippen LogP contribution is -2.41. The van der Waals surface area contributed by atoms with E-state index in [1.165, 1.54) is 0 Å². The van der Waals surface area contributed by atoms with Crippen molar-refractivity contribution in [1.29, 1.82) is 0 Å². The molecule has 0 saturated carbocycles. The molecule has 2 aromatic carbocycles.